The summed E-state index contributed by atoms with van der Waals surface area (Å²) in [5.74, 6) is -0.0532. The molecule has 1 saturated heterocycles. The molecule has 0 bridgehead atoms. The summed E-state index contributed by atoms with van der Waals surface area (Å²) >= 11 is 29.8. The molecule has 0 unspecified atom stereocenters. The van der Waals surface area contributed by atoms with Crippen molar-refractivity contribution in [2.45, 2.75) is 118 Å². The van der Waals surface area contributed by atoms with Crippen LogP contribution in [0.1, 0.15) is 142 Å². The van der Waals surface area contributed by atoms with Crippen LogP contribution < -0.4 is 21.3 Å². The van der Waals surface area contributed by atoms with Crippen molar-refractivity contribution in [1.82, 2.24) is 25.8 Å². The maximum absolute atomic E-state index is 13.1. The van der Waals surface area contributed by atoms with E-state index in [-0.39, 0.29) is 41.7 Å². The first-order valence-electron chi connectivity index (χ1n) is 38.0. The number of likely N-dealkylation sites (tertiary alicyclic amines) is 1. The number of anilines is 1. The predicted molar refractivity (Wildman–Crippen MR) is 468 cm³/mol. The molecule has 21 heteroatoms. The molecule has 0 radical (unpaired) electrons. The molecule has 114 heavy (non-hydrogen) atoms. The van der Waals surface area contributed by atoms with Crippen LogP contribution in [0.15, 0.2) is 212 Å². The highest BCUT2D eigenvalue weighted by atomic mass is 35.5. The summed E-state index contributed by atoms with van der Waals surface area (Å²) in [5.41, 5.74) is 18.9. The zero-order chi connectivity index (χ0) is 82.6. The number of rotatable bonds is 26. The number of carbonyl (C=O) groups excluding carboxylic acids is 5. The van der Waals surface area contributed by atoms with Gasteiger partial charge in [-0.2, -0.15) is 0 Å². The molecular formula is C93H105Cl5N6O10. The van der Waals surface area contributed by atoms with Crippen LogP contribution in [-0.2, 0) is 56.7 Å². The van der Waals surface area contributed by atoms with E-state index in [4.69, 9.17) is 81.7 Å². The van der Waals surface area contributed by atoms with Gasteiger partial charge in [-0.15, -0.1) is 0 Å². The third-order valence-electron chi connectivity index (χ3n) is 18.6. The number of nitrogens with zero attached hydrogens (tertiary/aromatic N) is 2. The minimum absolute atomic E-state index is 0.0431. The molecule has 10 aromatic carbocycles. The SMILES string of the molecule is CCCCNC(=O)c1ccc(-c2ccc(Cl)cc2)c(COC)c1.CCCNC(=O)c1ccc(-c2ccc(Cl)cc2)c(COC)c1.CCNC(=O)c1ccc(-c2ccc(Cl)cc2)c(COC)c1.COCc1cc(C(=O)N2[C@H](C)CCC[C@@H]2C)ccc1-c1ccc(Cl)cc1.COCc1cc(NC(=O)N(C)C)ccc1-c1ccc(Cl)cc1. The van der Waals surface area contributed by atoms with Crippen molar-refractivity contribution in [3.8, 4) is 55.6 Å². The quantitative estimate of drug-likeness (QED) is 0.0380. The highest BCUT2D eigenvalue weighted by molar-refractivity contribution is 6.32. The van der Waals surface area contributed by atoms with Gasteiger partial charge in [0.1, 0.15) is 0 Å². The van der Waals surface area contributed by atoms with Crippen LogP contribution in [0, 0.1) is 0 Å². The molecule has 16 nitrogen and oxygen atoms in total. The lowest BCUT2D eigenvalue weighted by Crippen LogP contribution is -2.47. The molecule has 1 heterocycles. The first-order chi connectivity index (χ1) is 55.0. The Kier molecular flexibility index (Phi) is 38.7. The Morgan fingerprint density at radius 1 is 0.377 bits per heavy atom. The van der Waals surface area contributed by atoms with Gasteiger partial charge in [0.05, 0.1) is 33.0 Å². The van der Waals surface area contributed by atoms with E-state index in [1.807, 2.05) is 231 Å². The molecule has 1 fully saturated rings. The van der Waals surface area contributed by atoms with Gasteiger partial charge in [0.2, 0.25) is 0 Å². The van der Waals surface area contributed by atoms with Gasteiger partial charge < -0.3 is 54.8 Å². The molecule has 4 N–H and O–H groups in total. The highest BCUT2D eigenvalue weighted by Gasteiger charge is 2.30. The number of piperidine rings is 1. The van der Waals surface area contributed by atoms with Crippen molar-refractivity contribution in [3.63, 3.8) is 0 Å². The molecule has 0 aliphatic carbocycles. The van der Waals surface area contributed by atoms with Crippen molar-refractivity contribution in [3.05, 3.63) is 288 Å². The number of hydrogen-bond acceptors (Lipinski definition) is 10. The predicted octanol–water partition coefficient (Wildman–Crippen LogP) is 22.7. The van der Waals surface area contributed by atoms with Crippen LogP contribution in [0.5, 0.6) is 0 Å². The Bertz CT molecular complexity index is 4710. The number of benzene rings is 10. The zero-order valence-corrected chi connectivity index (χ0v) is 70.9. The second-order valence-electron chi connectivity index (χ2n) is 27.4. The van der Waals surface area contributed by atoms with E-state index in [0.29, 0.717) is 94.5 Å². The third-order valence-corrected chi connectivity index (χ3v) is 19.9. The second kappa shape index (κ2) is 48.1. The average Bonchev–Trinajstić information content (AvgIpc) is 0.764. The lowest BCUT2D eigenvalue weighted by molar-refractivity contribution is 0.0510. The summed E-state index contributed by atoms with van der Waals surface area (Å²) in [6.07, 6.45) is 6.30. The molecule has 2 atom stereocenters. The van der Waals surface area contributed by atoms with Gasteiger partial charge in [0.15, 0.2) is 0 Å². The molecule has 0 aromatic heterocycles. The van der Waals surface area contributed by atoms with Gasteiger partial charge in [-0.25, -0.2) is 4.79 Å². The number of carbonyl (C=O) groups is 5. The molecule has 0 spiro atoms. The van der Waals surface area contributed by atoms with E-state index < -0.39 is 0 Å². The van der Waals surface area contributed by atoms with Crippen LogP contribution in [0.25, 0.3) is 55.6 Å². The Morgan fingerprint density at radius 3 is 0.965 bits per heavy atom. The van der Waals surface area contributed by atoms with Crippen LogP contribution in [0.2, 0.25) is 25.1 Å². The van der Waals surface area contributed by atoms with Crippen molar-refractivity contribution in [1.29, 1.82) is 0 Å². The van der Waals surface area contributed by atoms with Crippen LogP contribution in [0.4, 0.5) is 10.5 Å². The Labute approximate surface area is 698 Å². The summed E-state index contributed by atoms with van der Waals surface area (Å²) in [6, 6.07) is 67.5. The number of ether oxygens (including phenoxy) is 5. The number of hydrogen-bond donors (Lipinski definition) is 4. The zero-order valence-electron chi connectivity index (χ0n) is 67.1. The molecule has 11 rings (SSSR count). The Balaban J connectivity index is 0.000000198. The summed E-state index contributed by atoms with van der Waals surface area (Å²) in [5, 5.41) is 15.0. The van der Waals surface area contributed by atoms with Gasteiger partial charge in [0.25, 0.3) is 23.6 Å². The van der Waals surface area contributed by atoms with Crippen molar-refractivity contribution >= 4 is 93.4 Å². The third kappa shape index (κ3) is 28.0. The van der Waals surface area contributed by atoms with Gasteiger partial charge in [-0.3, -0.25) is 19.2 Å². The summed E-state index contributed by atoms with van der Waals surface area (Å²) in [7, 11) is 11.7. The molecule has 1 aliphatic heterocycles. The van der Waals surface area contributed by atoms with Crippen molar-refractivity contribution < 1.29 is 47.7 Å². The van der Waals surface area contributed by atoms with E-state index in [1.54, 1.807) is 49.6 Å². The summed E-state index contributed by atoms with van der Waals surface area (Å²) < 4.78 is 26.5. The number of nitrogens with one attached hydrogen (secondary N) is 4. The van der Waals surface area contributed by atoms with Crippen LogP contribution in [-0.4, -0.2) is 121 Å². The van der Waals surface area contributed by atoms with E-state index in [9.17, 15) is 24.0 Å². The van der Waals surface area contributed by atoms with Gasteiger partial charge in [-0.1, -0.05) is 169 Å². The number of halogens is 5. The minimum atomic E-state index is -0.164. The van der Waals surface area contributed by atoms with E-state index in [1.165, 1.54) is 11.3 Å². The molecule has 1 aliphatic rings. The fourth-order valence-electron chi connectivity index (χ4n) is 12.8. The Morgan fingerprint density at radius 2 is 0.667 bits per heavy atom. The normalized spacial score (nSPS) is 12.7. The average molecular weight is 1640 g/mol. The van der Waals surface area contributed by atoms with E-state index in [2.05, 4.69) is 42.0 Å². The smallest absolute Gasteiger partial charge is 0.321 e. The topological polar surface area (TPSA) is 186 Å². The number of amides is 6. The first-order valence-corrected chi connectivity index (χ1v) is 39.9. The lowest BCUT2D eigenvalue weighted by atomic mass is 9.94. The van der Waals surface area contributed by atoms with Crippen molar-refractivity contribution in [2.75, 3.05) is 74.6 Å². The van der Waals surface area contributed by atoms with Crippen LogP contribution >= 0.6 is 58.0 Å². The number of unbranched alkanes of at least 4 members (excludes halogenated alkanes) is 1. The molecule has 0 saturated carbocycles. The van der Waals surface area contributed by atoms with Gasteiger partial charge in [-0.05, 0) is 258 Å². The standard InChI is InChI=1S/C22H26ClNO2.C19H22ClNO2.C18H20ClNO2.C17H19ClN2O2.C17H18ClNO2/c1-15-5-4-6-16(2)24(15)22(25)18-9-12-21(19(13-18)14-26-3)17-7-10-20(23)11-8-17;1-3-4-11-21-19(22)15-7-10-18(16(12-15)13-23-2)14-5-8-17(20)9-6-14;1-3-10-20-18(21)14-6-9-17(15(11-14)12-22-2)13-4-7-16(19)8-5-13;1-20(2)17(21)19-15-8-9-16(13(10-15)11-22-3)12-4-6-14(18)7-5-12;1-3-19-17(20)13-6-9-16(14(10-13)11-21-2)12-4-7-15(18)8-5-12/h7-13,15-16H,4-6,14H2,1-3H3;5-10,12H,3-4,11,13H2,1-2H3,(H,21,22);4-9,11H,3,10,12H2,1-2H3,(H,20,21);4-10H,11H2,1-3H3,(H,19,21);4-10H,3,11H2,1-2H3,(H,19,20)/t15-,16+;;;;. The van der Waals surface area contributed by atoms with Gasteiger partial charge in [0, 0.05) is 134 Å². The van der Waals surface area contributed by atoms with Gasteiger partial charge >= 0.3 is 6.03 Å². The second-order valence-corrected chi connectivity index (χ2v) is 29.6. The maximum Gasteiger partial charge on any atom is 0.321 e. The fourth-order valence-corrected chi connectivity index (χ4v) is 13.5. The lowest BCUT2D eigenvalue weighted by Gasteiger charge is -2.39. The molecule has 10 aromatic rings. The maximum atomic E-state index is 13.1. The van der Waals surface area contributed by atoms with E-state index in [0.717, 1.165) is 127 Å². The minimum Gasteiger partial charge on any atom is -0.380 e. The number of urea groups is 1. The molecular weight excluding hydrogens is 1540 g/mol. The Hall–Kier alpha value is -9.40. The summed E-state index contributed by atoms with van der Waals surface area (Å²) in [4.78, 5) is 64.6. The fraction of sp³-hybridized carbons (Fsp3) is 0.301. The number of methoxy groups -OCH3 is 5. The largest absolute Gasteiger partial charge is 0.380 e. The highest BCUT2D eigenvalue weighted by Crippen LogP contribution is 2.34. The molecule has 6 amide bonds. The van der Waals surface area contributed by atoms with Crippen molar-refractivity contribution in [2.24, 2.45) is 0 Å². The monoisotopic (exact) mass is 1640 g/mol. The van der Waals surface area contributed by atoms with Crippen LogP contribution in [0.3, 0.4) is 0 Å². The first kappa shape index (κ1) is 91.8. The summed E-state index contributed by atoms with van der Waals surface area (Å²) in [6.45, 7) is 14.6. The van der Waals surface area contributed by atoms with E-state index >= 15 is 0 Å². The molecule has 602 valence electrons.